The summed E-state index contributed by atoms with van der Waals surface area (Å²) in [5.74, 6) is -1.74. The number of hydrogen-bond donors (Lipinski definition) is 3. The summed E-state index contributed by atoms with van der Waals surface area (Å²) in [6, 6.07) is 8.86. The molecule has 2 rings (SSSR count). The Balaban J connectivity index is 2.11. The number of carbonyl (C=O) groups excluding carboxylic acids is 1. The first-order valence-corrected chi connectivity index (χ1v) is 6.71. The van der Waals surface area contributed by atoms with E-state index in [-0.39, 0.29) is 12.5 Å². The SMILES string of the molecule is CC(CC(O)c1ccccc1)(C(=O)O)C(=O)NC1CC1. The maximum atomic E-state index is 12.1. The summed E-state index contributed by atoms with van der Waals surface area (Å²) in [6.45, 7) is 1.36. The minimum atomic E-state index is -1.63. The highest BCUT2D eigenvalue weighted by Gasteiger charge is 2.44. The summed E-state index contributed by atoms with van der Waals surface area (Å²) < 4.78 is 0. The van der Waals surface area contributed by atoms with Crippen LogP contribution in [0.3, 0.4) is 0 Å². The Hall–Kier alpha value is -1.88. The van der Waals surface area contributed by atoms with E-state index in [0.717, 1.165) is 12.8 Å². The number of hydrogen-bond acceptors (Lipinski definition) is 3. The molecule has 0 aromatic heterocycles. The van der Waals surface area contributed by atoms with Gasteiger partial charge in [0.15, 0.2) is 0 Å². The maximum absolute atomic E-state index is 12.1. The molecule has 0 saturated heterocycles. The number of carboxylic acid groups (broad SMARTS) is 1. The zero-order valence-corrected chi connectivity index (χ0v) is 11.4. The van der Waals surface area contributed by atoms with Crippen molar-refractivity contribution in [2.45, 2.75) is 38.3 Å². The molecule has 0 aliphatic heterocycles. The minimum absolute atomic E-state index is 0.0926. The highest BCUT2D eigenvalue weighted by atomic mass is 16.4. The van der Waals surface area contributed by atoms with Crippen LogP contribution in [-0.2, 0) is 9.59 Å². The smallest absolute Gasteiger partial charge is 0.319 e. The highest BCUT2D eigenvalue weighted by Crippen LogP contribution is 2.32. The van der Waals surface area contributed by atoms with Crippen LogP contribution >= 0.6 is 0 Å². The third-order valence-electron chi connectivity index (χ3n) is 3.67. The first-order chi connectivity index (χ1) is 9.43. The van der Waals surface area contributed by atoms with Gasteiger partial charge in [0.2, 0.25) is 5.91 Å². The van der Waals surface area contributed by atoms with E-state index >= 15 is 0 Å². The lowest BCUT2D eigenvalue weighted by molar-refractivity contribution is -0.157. The lowest BCUT2D eigenvalue weighted by Gasteiger charge is -2.26. The summed E-state index contributed by atoms with van der Waals surface area (Å²) in [5, 5.41) is 22.2. The molecule has 5 heteroatoms. The van der Waals surface area contributed by atoms with Gasteiger partial charge in [0.1, 0.15) is 5.41 Å². The van der Waals surface area contributed by atoms with Crippen molar-refractivity contribution in [2.24, 2.45) is 5.41 Å². The number of rotatable bonds is 6. The Morgan fingerprint density at radius 3 is 2.45 bits per heavy atom. The summed E-state index contributed by atoms with van der Waals surface area (Å²) in [4.78, 5) is 23.6. The Morgan fingerprint density at radius 1 is 1.35 bits per heavy atom. The number of aliphatic hydroxyl groups excluding tert-OH is 1. The van der Waals surface area contributed by atoms with Gasteiger partial charge in [-0.15, -0.1) is 0 Å². The van der Waals surface area contributed by atoms with Crippen LogP contribution in [0.15, 0.2) is 30.3 Å². The molecule has 0 radical (unpaired) electrons. The highest BCUT2D eigenvalue weighted by molar-refractivity contribution is 6.01. The normalized spacial score (nSPS) is 18.9. The van der Waals surface area contributed by atoms with Crippen molar-refractivity contribution in [1.29, 1.82) is 0 Å². The van der Waals surface area contributed by atoms with Gasteiger partial charge in [0.25, 0.3) is 0 Å². The van der Waals surface area contributed by atoms with Crippen LogP contribution in [0.2, 0.25) is 0 Å². The summed E-state index contributed by atoms with van der Waals surface area (Å²) in [6.07, 6.45) is 0.651. The molecule has 1 fully saturated rings. The van der Waals surface area contributed by atoms with E-state index < -0.39 is 23.4 Å². The van der Waals surface area contributed by atoms with Gasteiger partial charge in [-0.25, -0.2) is 0 Å². The van der Waals surface area contributed by atoms with Gasteiger partial charge >= 0.3 is 5.97 Å². The standard InChI is InChI=1S/C15H19NO4/c1-15(14(19)20,13(18)16-11-7-8-11)9-12(17)10-5-3-2-4-6-10/h2-6,11-12,17H,7-9H2,1H3,(H,16,18)(H,19,20). The predicted molar refractivity (Wildman–Crippen MR) is 72.9 cm³/mol. The van der Waals surface area contributed by atoms with E-state index in [4.69, 9.17) is 0 Å². The van der Waals surface area contributed by atoms with E-state index in [0.29, 0.717) is 5.56 Å². The van der Waals surface area contributed by atoms with Crippen LogP contribution in [-0.4, -0.2) is 28.1 Å². The molecule has 2 unspecified atom stereocenters. The fourth-order valence-electron chi connectivity index (χ4n) is 2.03. The average Bonchev–Trinajstić information content (AvgIpc) is 3.23. The topological polar surface area (TPSA) is 86.6 Å². The van der Waals surface area contributed by atoms with Crippen molar-refractivity contribution in [2.75, 3.05) is 0 Å². The van der Waals surface area contributed by atoms with Crippen molar-refractivity contribution in [3.63, 3.8) is 0 Å². The molecular formula is C15H19NO4. The quantitative estimate of drug-likeness (QED) is 0.687. The largest absolute Gasteiger partial charge is 0.480 e. The molecule has 2 atom stereocenters. The van der Waals surface area contributed by atoms with E-state index in [1.54, 1.807) is 24.3 Å². The Morgan fingerprint density at radius 2 is 1.95 bits per heavy atom. The molecule has 1 saturated carbocycles. The second kappa shape index (κ2) is 5.63. The third kappa shape index (κ3) is 3.17. The van der Waals surface area contributed by atoms with Crippen LogP contribution in [0.1, 0.15) is 37.9 Å². The lowest BCUT2D eigenvalue weighted by Crippen LogP contribution is -2.46. The van der Waals surface area contributed by atoms with Gasteiger partial charge in [-0.2, -0.15) is 0 Å². The molecule has 1 aliphatic rings. The van der Waals surface area contributed by atoms with E-state index in [1.807, 2.05) is 6.07 Å². The van der Waals surface area contributed by atoms with Crippen LogP contribution in [0, 0.1) is 5.41 Å². The predicted octanol–water partition coefficient (Wildman–Crippen LogP) is 1.48. The monoisotopic (exact) mass is 277 g/mol. The maximum Gasteiger partial charge on any atom is 0.319 e. The van der Waals surface area contributed by atoms with Gasteiger partial charge in [-0.05, 0) is 25.3 Å². The molecule has 0 heterocycles. The second-order valence-electron chi connectivity index (χ2n) is 5.52. The zero-order valence-electron chi connectivity index (χ0n) is 11.4. The number of aliphatic carboxylic acids is 1. The van der Waals surface area contributed by atoms with Crippen molar-refractivity contribution in [1.82, 2.24) is 5.32 Å². The van der Waals surface area contributed by atoms with Crippen molar-refractivity contribution < 1.29 is 19.8 Å². The number of carbonyl (C=O) groups is 2. The molecule has 108 valence electrons. The molecule has 5 nitrogen and oxygen atoms in total. The molecule has 0 bridgehead atoms. The number of carboxylic acids is 1. The van der Waals surface area contributed by atoms with Crippen LogP contribution < -0.4 is 5.32 Å². The van der Waals surface area contributed by atoms with Gasteiger partial charge in [0, 0.05) is 12.5 Å². The third-order valence-corrected chi connectivity index (χ3v) is 3.67. The molecule has 0 spiro atoms. The summed E-state index contributed by atoms with van der Waals surface area (Å²) in [5.41, 5.74) is -1.02. The molecule has 3 N–H and O–H groups in total. The Labute approximate surface area is 117 Å². The van der Waals surface area contributed by atoms with Gasteiger partial charge in [-0.1, -0.05) is 30.3 Å². The van der Waals surface area contributed by atoms with Gasteiger partial charge < -0.3 is 15.5 Å². The lowest BCUT2D eigenvalue weighted by atomic mass is 9.81. The molecule has 1 amide bonds. The fraction of sp³-hybridized carbons (Fsp3) is 0.467. The fourth-order valence-corrected chi connectivity index (χ4v) is 2.03. The molecule has 1 aliphatic carbocycles. The van der Waals surface area contributed by atoms with E-state index in [1.165, 1.54) is 6.92 Å². The number of nitrogens with one attached hydrogen (secondary N) is 1. The van der Waals surface area contributed by atoms with Crippen molar-refractivity contribution >= 4 is 11.9 Å². The molecular weight excluding hydrogens is 258 g/mol. The summed E-state index contributed by atoms with van der Waals surface area (Å²) >= 11 is 0. The number of aliphatic hydroxyl groups is 1. The minimum Gasteiger partial charge on any atom is -0.480 e. The van der Waals surface area contributed by atoms with Gasteiger partial charge in [-0.3, -0.25) is 9.59 Å². The Bertz CT molecular complexity index is 498. The average molecular weight is 277 g/mol. The first kappa shape index (κ1) is 14.5. The van der Waals surface area contributed by atoms with Gasteiger partial charge in [0.05, 0.1) is 6.10 Å². The molecule has 1 aromatic rings. The van der Waals surface area contributed by atoms with Crippen molar-refractivity contribution in [3.05, 3.63) is 35.9 Å². The van der Waals surface area contributed by atoms with E-state index in [9.17, 15) is 19.8 Å². The van der Waals surface area contributed by atoms with Crippen LogP contribution in [0.4, 0.5) is 0 Å². The number of benzene rings is 1. The van der Waals surface area contributed by atoms with Crippen LogP contribution in [0.25, 0.3) is 0 Å². The van der Waals surface area contributed by atoms with Crippen molar-refractivity contribution in [3.8, 4) is 0 Å². The Kier molecular flexibility index (Phi) is 4.09. The summed E-state index contributed by atoms with van der Waals surface area (Å²) in [7, 11) is 0. The molecule has 1 aromatic carbocycles. The van der Waals surface area contributed by atoms with E-state index in [2.05, 4.69) is 5.32 Å². The zero-order chi connectivity index (χ0) is 14.8. The first-order valence-electron chi connectivity index (χ1n) is 6.71. The second-order valence-corrected chi connectivity index (χ2v) is 5.52. The van der Waals surface area contributed by atoms with Crippen LogP contribution in [0.5, 0.6) is 0 Å². The number of amides is 1. The molecule has 20 heavy (non-hydrogen) atoms.